The number of rotatable bonds is 2. The summed E-state index contributed by atoms with van der Waals surface area (Å²) in [6, 6.07) is 7.79. The molecular weight excluding hydrogens is 254 g/mol. The highest BCUT2D eigenvalue weighted by molar-refractivity contribution is 5.88. The molecule has 2 aromatic rings. The van der Waals surface area contributed by atoms with Gasteiger partial charge in [0.25, 0.3) is 11.5 Å². The molecule has 0 radical (unpaired) electrons. The Morgan fingerprint density at radius 2 is 2.10 bits per heavy atom. The largest absolute Gasteiger partial charge is 0.325 e. The molecule has 6 nitrogen and oxygen atoms in total. The summed E-state index contributed by atoms with van der Waals surface area (Å²) >= 11 is 0. The van der Waals surface area contributed by atoms with Crippen molar-refractivity contribution in [2.45, 2.75) is 20.8 Å². The van der Waals surface area contributed by atoms with Gasteiger partial charge in [-0.15, -0.1) is 4.98 Å². The SMILES string of the molecule is Cc1cccc(NC(N)=[NH+]c2nc(C)c(C)c(=O)[nH]2)c1. The molecule has 0 amide bonds. The van der Waals surface area contributed by atoms with Gasteiger partial charge in [0.05, 0.1) is 16.9 Å². The zero-order chi connectivity index (χ0) is 14.7. The Hall–Kier alpha value is -2.63. The van der Waals surface area contributed by atoms with Crippen LogP contribution in [0, 0.1) is 20.8 Å². The van der Waals surface area contributed by atoms with Crippen molar-refractivity contribution in [3.05, 3.63) is 51.4 Å². The molecule has 0 aliphatic rings. The van der Waals surface area contributed by atoms with Crippen LogP contribution in [0.5, 0.6) is 0 Å². The van der Waals surface area contributed by atoms with Crippen LogP contribution in [0.4, 0.5) is 11.6 Å². The van der Waals surface area contributed by atoms with E-state index < -0.39 is 0 Å². The number of aromatic nitrogens is 2. The summed E-state index contributed by atoms with van der Waals surface area (Å²) in [6.45, 7) is 5.50. The van der Waals surface area contributed by atoms with Crippen LogP contribution in [-0.2, 0) is 0 Å². The molecule has 0 saturated heterocycles. The number of hydrogen-bond acceptors (Lipinski definition) is 2. The molecule has 1 aromatic carbocycles. The van der Waals surface area contributed by atoms with Crippen molar-refractivity contribution >= 4 is 17.6 Å². The van der Waals surface area contributed by atoms with Crippen LogP contribution in [-0.4, -0.2) is 15.9 Å². The summed E-state index contributed by atoms with van der Waals surface area (Å²) in [7, 11) is 0. The van der Waals surface area contributed by atoms with Gasteiger partial charge in [-0.2, -0.15) is 0 Å². The van der Waals surface area contributed by atoms with E-state index in [1.54, 1.807) is 13.8 Å². The minimum atomic E-state index is -0.177. The number of aryl methyl sites for hydroxylation is 2. The highest BCUT2D eigenvalue weighted by atomic mass is 16.1. The van der Waals surface area contributed by atoms with E-state index >= 15 is 0 Å². The average Bonchev–Trinajstić information content (AvgIpc) is 2.35. The zero-order valence-corrected chi connectivity index (χ0v) is 11.7. The van der Waals surface area contributed by atoms with Crippen molar-refractivity contribution < 1.29 is 4.99 Å². The van der Waals surface area contributed by atoms with Crippen LogP contribution in [0.2, 0.25) is 0 Å². The Bertz CT molecular complexity index is 718. The fourth-order valence-corrected chi connectivity index (χ4v) is 1.74. The summed E-state index contributed by atoms with van der Waals surface area (Å²) in [5, 5.41) is 3.01. The Labute approximate surface area is 116 Å². The third-order valence-electron chi connectivity index (χ3n) is 2.94. The molecule has 0 aliphatic carbocycles. The molecule has 5 N–H and O–H groups in total. The molecule has 104 valence electrons. The maximum Gasteiger partial charge on any atom is 0.325 e. The molecule has 0 spiro atoms. The number of anilines is 1. The second kappa shape index (κ2) is 5.56. The normalized spacial score (nSPS) is 11.4. The quantitative estimate of drug-likeness (QED) is 0.451. The molecule has 0 fully saturated rings. The van der Waals surface area contributed by atoms with E-state index in [1.807, 2.05) is 31.2 Å². The molecule has 0 aliphatic heterocycles. The predicted octanol–water partition coefficient (Wildman–Crippen LogP) is -0.166. The lowest BCUT2D eigenvalue weighted by Gasteiger charge is -2.02. The van der Waals surface area contributed by atoms with E-state index in [4.69, 9.17) is 5.73 Å². The van der Waals surface area contributed by atoms with Crippen molar-refractivity contribution in [3.8, 4) is 0 Å². The minimum Gasteiger partial charge on any atom is -0.322 e. The third kappa shape index (κ3) is 3.23. The van der Waals surface area contributed by atoms with E-state index in [-0.39, 0.29) is 5.56 Å². The highest BCUT2D eigenvalue weighted by Crippen LogP contribution is 2.08. The average molecular weight is 272 g/mol. The van der Waals surface area contributed by atoms with Gasteiger partial charge in [0, 0.05) is 0 Å². The fraction of sp³-hybridized carbons (Fsp3) is 0.214. The highest BCUT2D eigenvalue weighted by Gasteiger charge is 2.07. The van der Waals surface area contributed by atoms with Gasteiger partial charge < -0.3 is 5.73 Å². The van der Waals surface area contributed by atoms with E-state index in [0.29, 0.717) is 23.2 Å². The molecular formula is C14H18N5O+. The van der Waals surface area contributed by atoms with Crippen molar-refractivity contribution in [1.29, 1.82) is 0 Å². The van der Waals surface area contributed by atoms with Crippen molar-refractivity contribution in [2.24, 2.45) is 5.73 Å². The number of guanidine groups is 1. The number of nitrogens with zero attached hydrogens (tertiary/aromatic N) is 1. The molecule has 6 heteroatoms. The summed E-state index contributed by atoms with van der Waals surface area (Å²) in [4.78, 5) is 21.3. The van der Waals surface area contributed by atoms with Crippen LogP contribution >= 0.6 is 0 Å². The number of aromatic amines is 1. The van der Waals surface area contributed by atoms with Crippen LogP contribution in [0.3, 0.4) is 0 Å². The number of H-pyrrole nitrogens is 1. The van der Waals surface area contributed by atoms with E-state index in [0.717, 1.165) is 11.3 Å². The Morgan fingerprint density at radius 1 is 1.35 bits per heavy atom. The van der Waals surface area contributed by atoms with Crippen LogP contribution in [0.1, 0.15) is 16.8 Å². The first-order valence-electron chi connectivity index (χ1n) is 6.26. The van der Waals surface area contributed by atoms with Crippen LogP contribution < -0.4 is 21.6 Å². The second-order valence-corrected chi connectivity index (χ2v) is 4.66. The Kier molecular flexibility index (Phi) is 3.84. The number of nitrogens with two attached hydrogens (primary N) is 1. The first-order chi connectivity index (χ1) is 9.45. The first kappa shape index (κ1) is 13.8. The summed E-state index contributed by atoms with van der Waals surface area (Å²) in [6.07, 6.45) is 0. The monoisotopic (exact) mass is 272 g/mol. The number of hydrogen-bond donors (Lipinski definition) is 4. The molecule has 0 atom stereocenters. The van der Waals surface area contributed by atoms with Gasteiger partial charge in [0.1, 0.15) is 0 Å². The summed E-state index contributed by atoms with van der Waals surface area (Å²) in [5.74, 6) is 0.609. The fourth-order valence-electron chi connectivity index (χ4n) is 1.74. The van der Waals surface area contributed by atoms with Gasteiger partial charge in [-0.1, -0.05) is 12.1 Å². The summed E-state index contributed by atoms with van der Waals surface area (Å²) < 4.78 is 0. The minimum absolute atomic E-state index is 0.177. The smallest absolute Gasteiger partial charge is 0.322 e. The number of nitrogens with one attached hydrogen (secondary N) is 3. The van der Waals surface area contributed by atoms with Gasteiger partial charge in [-0.05, 0) is 38.5 Å². The van der Waals surface area contributed by atoms with Gasteiger partial charge in [-0.3, -0.25) is 10.1 Å². The molecule has 1 heterocycles. The lowest BCUT2D eigenvalue weighted by atomic mass is 10.2. The van der Waals surface area contributed by atoms with Gasteiger partial charge in [0.15, 0.2) is 0 Å². The maximum atomic E-state index is 11.6. The maximum absolute atomic E-state index is 11.6. The van der Waals surface area contributed by atoms with Crippen molar-refractivity contribution in [3.63, 3.8) is 0 Å². The molecule has 20 heavy (non-hydrogen) atoms. The summed E-state index contributed by atoms with van der Waals surface area (Å²) in [5.41, 5.74) is 8.93. The van der Waals surface area contributed by atoms with Gasteiger partial charge in [-0.25, -0.2) is 9.98 Å². The lowest BCUT2D eigenvalue weighted by Crippen LogP contribution is -2.73. The topological polar surface area (TPSA) is 97.8 Å². The number of benzene rings is 1. The molecule has 0 unspecified atom stereocenters. The zero-order valence-electron chi connectivity index (χ0n) is 11.7. The predicted molar refractivity (Wildman–Crippen MR) is 79.0 cm³/mol. The van der Waals surface area contributed by atoms with Crippen LogP contribution in [0.25, 0.3) is 0 Å². The van der Waals surface area contributed by atoms with E-state index in [2.05, 4.69) is 20.3 Å². The Morgan fingerprint density at radius 3 is 2.75 bits per heavy atom. The first-order valence-corrected chi connectivity index (χ1v) is 6.26. The van der Waals surface area contributed by atoms with Crippen molar-refractivity contribution in [1.82, 2.24) is 9.97 Å². The molecule has 2 rings (SSSR count). The van der Waals surface area contributed by atoms with E-state index in [1.165, 1.54) is 0 Å². The Balaban J connectivity index is 2.25. The second-order valence-electron chi connectivity index (χ2n) is 4.66. The third-order valence-corrected chi connectivity index (χ3v) is 2.94. The molecule has 0 saturated carbocycles. The van der Waals surface area contributed by atoms with Gasteiger partial charge in [0.2, 0.25) is 0 Å². The molecule has 1 aromatic heterocycles. The standard InChI is InChI=1S/C14H17N5O/c1-8-5-4-6-11(7-8)17-13(15)19-14-16-10(3)9(2)12(20)18-14/h4-7H,1-3H3,(H4,15,16,17,18,19,20)/p+1. The van der Waals surface area contributed by atoms with E-state index in [9.17, 15) is 4.79 Å². The molecule has 0 bridgehead atoms. The lowest BCUT2D eigenvalue weighted by molar-refractivity contribution is -0.365. The van der Waals surface area contributed by atoms with Gasteiger partial charge >= 0.3 is 5.95 Å². The van der Waals surface area contributed by atoms with Crippen LogP contribution in [0.15, 0.2) is 29.1 Å². The van der Waals surface area contributed by atoms with Crippen molar-refractivity contribution in [2.75, 3.05) is 5.32 Å².